The van der Waals surface area contributed by atoms with Gasteiger partial charge in [-0.15, -0.1) is 12.3 Å². The van der Waals surface area contributed by atoms with Crippen LogP contribution >= 0.6 is 11.8 Å². The predicted molar refractivity (Wildman–Crippen MR) is 43.0 cm³/mol. The van der Waals surface area contributed by atoms with Crippen LogP contribution in [0.4, 0.5) is 0 Å². The lowest BCUT2D eigenvalue weighted by atomic mass is 10.5. The fourth-order valence-corrected chi connectivity index (χ4v) is 1.18. The molecule has 0 aliphatic rings. The van der Waals surface area contributed by atoms with Crippen LogP contribution in [0.25, 0.3) is 0 Å². The van der Waals surface area contributed by atoms with E-state index in [2.05, 4.69) is 5.92 Å². The normalized spacial score (nSPS) is 8.70. The van der Waals surface area contributed by atoms with Crippen LogP contribution in [-0.4, -0.2) is 22.6 Å². The molecule has 0 radical (unpaired) electrons. The topological polar surface area (TPSA) is 37.3 Å². The van der Waals surface area contributed by atoms with Crippen molar-refractivity contribution in [2.24, 2.45) is 0 Å². The average molecular weight is 158 g/mol. The standard InChI is InChI=1S/C7H10O2S/c1-2-3-5-10-6-4-7(8)9/h1H,3-6H2,(H,8,9). The molecule has 10 heavy (non-hydrogen) atoms. The summed E-state index contributed by atoms with van der Waals surface area (Å²) in [5.41, 5.74) is 0. The van der Waals surface area contributed by atoms with Gasteiger partial charge in [-0.3, -0.25) is 4.79 Å². The van der Waals surface area contributed by atoms with Crippen molar-refractivity contribution in [3.8, 4) is 12.3 Å². The lowest BCUT2D eigenvalue weighted by Gasteiger charge is -1.93. The molecule has 0 spiro atoms. The van der Waals surface area contributed by atoms with Gasteiger partial charge in [0.15, 0.2) is 0 Å². The molecular formula is C7H10O2S. The molecule has 0 heterocycles. The SMILES string of the molecule is C#CCCSCCC(=O)O. The maximum absolute atomic E-state index is 9.98. The van der Waals surface area contributed by atoms with Crippen molar-refractivity contribution in [2.45, 2.75) is 12.8 Å². The summed E-state index contributed by atoms with van der Waals surface area (Å²) >= 11 is 1.58. The Balaban J connectivity index is 2.92. The summed E-state index contributed by atoms with van der Waals surface area (Å²) in [5, 5.41) is 8.22. The fraction of sp³-hybridized carbons (Fsp3) is 0.571. The minimum absolute atomic E-state index is 0.231. The molecule has 0 unspecified atom stereocenters. The number of thioether (sulfide) groups is 1. The van der Waals surface area contributed by atoms with Crippen LogP contribution in [0.5, 0.6) is 0 Å². The molecule has 0 fully saturated rings. The van der Waals surface area contributed by atoms with Crippen molar-refractivity contribution in [3.63, 3.8) is 0 Å². The van der Waals surface area contributed by atoms with Crippen molar-refractivity contribution in [1.29, 1.82) is 0 Å². The van der Waals surface area contributed by atoms with Crippen LogP contribution in [0.2, 0.25) is 0 Å². The molecule has 0 aliphatic heterocycles. The third kappa shape index (κ3) is 7.38. The van der Waals surface area contributed by atoms with Gasteiger partial charge in [-0.05, 0) is 0 Å². The number of rotatable bonds is 5. The zero-order valence-corrected chi connectivity index (χ0v) is 6.49. The van der Waals surface area contributed by atoms with Crippen molar-refractivity contribution >= 4 is 17.7 Å². The molecule has 2 nitrogen and oxygen atoms in total. The molecule has 0 atom stereocenters. The summed E-state index contributed by atoms with van der Waals surface area (Å²) in [5.74, 6) is 3.27. The fourth-order valence-electron chi connectivity index (χ4n) is 0.393. The number of carboxylic acids is 1. The number of aliphatic carboxylic acids is 1. The molecule has 0 bridgehead atoms. The van der Waals surface area contributed by atoms with Gasteiger partial charge in [-0.25, -0.2) is 0 Å². The van der Waals surface area contributed by atoms with E-state index in [4.69, 9.17) is 11.5 Å². The van der Waals surface area contributed by atoms with Gasteiger partial charge in [0.25, 0.3) is 0 Å². The van der Waals surface area contributed by atoms with Crippen LogP contribution in [0.3, 0.4) is 0 Å². The summed E-state index contributed by atoms with van der Waals surface area (Å²) in [6.07, 6.45) is 5.95. The first-order chi connectivity index (χ1) is 4.77. The molecule has 0 aliphatic carbocycles. The lowest BCUT2D eigenvalue weighted by Crippen LogP contribution is -1.96. The molecule has 3 heteroatoms. The molecule has 0 aromatic carbocycles. The Morgan fingerprint density at radius 1 is 1.60 bits per heavy atom. The summed E-state index contributed by atoms with van der Waals surface area (Å²) in [6, 6.07) is 0. The number of carboxylic acid groups (broad SMARTS) is 1. The number of hydrogen-bond donors (Lipinski definition) is 1. The number of hydrogen-bond acceptors (Lipinski definition) is 2. The minimum atomic E-state index is -0.742. The van der Waals surface area contributed by atoms with E-state index in [9.17, 15) is 4.79 Å². The number of carbonyl (C=O) groups is 1. The molecule has 0 aromatic rings. The van der Waals surface area contributed by atoms with Crippen molar-refractivity contribution < 1.29 is 9.90 Å². The molecule has 56 valence electrons. The Kier molecular flexibility index (Phi) is 6.10. The third-order valence-corrected chi connectivity index (χ3v) is 1.84. The van der Waals surface area contributed by atoms with E-state index < -0.39 is 5.97 Å². The van der Waals surface area contributed by atoms with Gasteiger partial charge >= 0.3 is 5.97 Å². The minimum Gasteiger partial charge on any atom is -0.481 e. The largest absolute Gasteiger partial charge is 0.481 e. The zero-order valence-electron chi connectivity index (χ0n) is 5.67. The van der Waals surface area contributed by atoms with Gasteiger partial charge in [0.1, 0.15) is 0 Å². The van der Waals surface area contributed by atoms with Crippen molar-refractivity contribution in [1.82, 2.24) is 0 Å². The van der Waals surface area contributed by atoms with Gasteiger partial charge in [0.05, 0.1) is 6.42 Å². The highest BCUT2D eigenvalue weighted by molar-refractivity contribution is 7.99. The number of terminal acetylenes is 1. The van der Waals surface area contributed by atoms with Crippen LogP contribution in [-0.2, 0) is 4.79 Å². The molecule has 0 saturated heterocycles. The Morgan fingerprint density at radius 2 is 2.30 bits per heavy atom. The van der Waals surface area contributed by atoms with Gasteiger partial charge in [-0.2, -0.15) is 11.8 Å². The second kappa shape index (κ2) is 6.50. The summed E-state index contributed by atoms with van der Waals surface area (Å²) in [4.78, 5) is 9.98. The maximum Gasteiger partial charge on any atom is 0.304 e. The highest BCUT2D eigenvalue weighted by Gasteiger charge is 1.94. The molecular weight excluding hydrogens is 148 g/mol. The second-order valence-corrected chi connectivity index (χ2v) is 2.93. The molecule has 0 rings (SSSR count). The summed E-state index contributed by atoms with van der Waals surface area (Å²) in [6.45, 7) is 0. The van der Waals surface area contributed by atoms with E-state index in [1.165, 1.54) is 0 Å². The van der Waals surface area contributed by atoms with E-state index >= 15 is 0 Å². The van der Waals surface area contributed by atoms with Gasteiger partial charge in [0, 0.05) is 17.9 Å². The summed E-state index contributed by atoms with van der Waals surface area (Å²) < 4.78 is 0. The smallest absolute Gasteiger partial charge is 0.304 e. The van der Waals surface area contributed by atoms with Crippen LogP contribution in [0.15, 0.2) is 0 Å². The van der Waals surface area contributed by atoms with E-state index in [1.807, 2.05) is 0 Å². The van der Waals surface area contributed by atoms with Gasteiger partial charge in [-0.1, -0.05) is 0 Å². The van der Waals surface area contributed by atoms with E-state index in [0.717, 1.165) is 12.2 Å². The average Bonchev–Trinajstić information content (AvgIpc) is 1.87. The molecule has 0 amide bonds. The monoisotopic (exact) mass is 158 g/mol. The Labute approximate surface area is 65.0 Å². The Bertz CT molecular complexity index is 137. The van der Waals surface area contributed by atoms with Gasteiger partial charge in [0.2, 0.25) is 0 Å². The van der Waals surface area contributed by atoms with E-state index in [0.29, 0.717) is 5.75 Å². The quantitative estimate of drug-likeness (QED) is 0.483. The lowest BCUT2D eigenvalue weighted by molar-refractivity contribution is -0.136. The van der Waals surface area contributed by atoms with Gasteiger partial charge < -0.3 is 5.11 Å². The molecule has 0 saturated carbocycles. The first kappa shape index (κ1) is 9.38. The Morgan fingerprint density at radius 3 is 2.80 bits per heavy atom. The van der Waals surface area contributed by atoms with Crippen LogP contribution in [0.1, 0.15) is 12.8 Å². The predicted octanol–water partition coefficient (Wildman–Crippen LogP) is 1.22. The second-order valence-electron chi connectivity index (χ2n) is 1.71. The van der Waals surface area contributed by atoms with Crippen LogP contribution in [0, 0.1) is 12.3 Å². The highest BCUT2D eigenvalue weighted by atomic mass is 32.2. The third-order valence-electron chi connectivity index (χ3n) is 0.851. The van der Waals surface area contributed by atoms with Crippen molar-refractivity contribution in [2.75, 3.05) is 11.5 Å². The first-order valence-electron chi connectivity index (χ1n) is 3.00. The molecule has 1 N–H and O–H groups in total. The van der Waals surface area contributed by atoms with Crippen LogP contribution < -0.4 is 0 Å². The highest BCUT2D eigenvalue weighted by Crippen LogP contribution is 2.03. The Hall–Kier alpha value is -0.620. The van der Waals surface area contributed by atoms with E-state index in [1.54, 1.807) is 11.8 Å². The summed E-state index contributed by atoms with van der Waals surface area (Å²) in [7, 11) is 0. The van der Waals surface area contributed by atoms with Crippen molar-refractivity contribution in [3.05, 3.63) is 0 Å². The molecule has 0 aromatic heterocycles. The van der Waals surface area contributed by atoms with E-state index in [-0.39, 0.29) is 6.42 Å². The first-order valence-corrected chi connectivity index (χ1v) is 4.16. The maximum atomic E-state index is 9.98. The zero-order chi connectivity index (χ0) is 7.82.